The number of anilines is 1. The summed E-state index contributed by atoms with van der Waals surface area (Å²) in [6.45, 7) is 2.00. The zero-order valence-corrected chi connectivity index (χ0v) is 17.0. The van der Waals surface area contributed by atoms with E-state index >= 15 is 0 Å². The Hall–Kier alpha value is -3.49. The number of hydrogen-bond donors (Lipinski definition) is 1. The minimum Gasteiger partial charge on any atom is -0.493 e. The molecule has 2 atom stereocenters. The molecule has 1 aromatic carbocycles. The summed E-state index contributed by atoms with van der Waals surface area (Å²) in [5.41, 5.74) is 0.473. The number of carbonyl (C=O) groups is 3. The lowest BCUT2D eigenvalue weighted by molar-refractivity contribution is -0.157. The van der Waals surface area contributed by atoms with E-state index in [0.717, 1.165) is 0 Å². The largest absolute Gasteiger partial charge is 0.493 e. The van der Waals surface area contributed by atoms with E-state index in [1.54, 1.807) is 35.2 Å². The third-order valence-corrected chi connectivity index (χ3v) is 4.79. The molecule has 9 nitrogen and oxygen atoms in total. The molecule has 0 bridgehead atoms. The van der Waals surface area contributed by atoms with Crippen molar-refractivity contribution in [2.24, 2.45) is 5.92 Å². The Morgan fingerprint density at radius 1 is 1.23 bits per heavy atom. The molecular formula is C21H24N2O7. The molecule has 0 unspecified atom stereocenters. The summed E-state index contributed by atoms with van der Waals surface area (Å²) in [4.78, 5) is 38.6. The van der Waals surface area contributed by atoms with Crippen molar-refractivity contribution < 1.29 is 33.0 Å². The Morgan fingerprint density at radius 3 is 2.67 bits per heavy atom. The first kappa shape index (κ1) is 21.2. The predicted molar refractivity (Wildman–Crippen MR) is 106 cm³/mol. The topological polar surface area (TPSA) is 107 Å². The Morgan fingerprint density at radius 2 is 2.00 bits per heavy atom. The third-order valence-electron chi connectivity index (χ3n) is 4.79. The molecule has 1 saturated heterocycles. The Labute approximate surface area is 173 Å². The van der Waals surface area contributed by atoms with Gasteiger partial charge in [0, 0.05) is 24.7 Å². The minimum atomic E-state index is -1.03. The average Bonchev–Trinajstić information content (AvgIpc) is 3.38. The molecule has 0 aliphatic carbocycles. The zero-order chi connectivity index (χ0) is 21.7. The average molecular weight is 416 g/mol. The van der Waals surface area contributed by atoms with Gasteiger partial charge in [-0.25, -0.2) is 0 Å². The van der Waals surface area contributed by atoms with Gasteiger partial charge in [-0.2, -0.15) is 0 Å². The van der Waals surface area contributed by atoms with E-state index < -0.39 is 23.9 Å². The van der Waals surface area contributed by atoms with Crippen LogP contribution in [0.5, 0.6) is 11.5 Å². The van der Waals surface area contributed by atoms with Gasteiger partial charge in [0.05, 0.1) is 32.9 Å². The van der Waals surface area contributed by atoms with Crippen molar-refractivity contribution >= 4 is 23.5 Å². The molecule has 0 saturated carbocycles. The first-order chi connectivity index (χ1) is 14.4. The summed E-state index contributed by atoms with van der Waals surface area (Å²) in [5.74, 6) is -0.228. The lowest BCUT2D eigenvalue weighted by Gasteiger charge is -2.17. The Bertz CT molecular complexity index is 910. The first-order valence-electron chi connectivity index (χ1n) is 9.44. The van der Waals surface area contributed by atoms with Gasteiger partial charge in [-0.15, -0.1) is 0 Å². The second kappa shape index (κ2) is 9.34. The smallest absolute Gasteiger partial charge is 0.312 e. The maximum absolute atomic E-state index is 12.4. The van der Waals surface area contributed by atoms with Gasteiger partial charge in [0.15, 0.2) is 17.6 Å². The molecule has 9 heteroatoms. The summed E-state index contributed by atoms with van der Waals surface area (Å²) in [6.07, 6.45) is 0.545. The number of nitrogens with one attached hydrogen (secondary N) is 1. The van der Waals surface area contributed by atoms with Crippen molar-refractivity contribution in [2.75, 3.05) is 26.1 Å². The van der Waals surface area contributed by atoms with E-state index in [1.807, 2.05) is 0 Å². The monoisotopic (exact) mass is 416 g/mol. The normalized spacial score (nSPS) is 16.8. The van der Waals surface area contributed by atoms with Crippen molar-refractivity contribution in [2.45, 2.75) is 26.0 Å². The molecule has 1 aromatic heterocycles. The summed E-state index contributed by atoms with van der Waals surface area (Å²) < 4.78 is 20.9. The number of amides is 2. The van der Waals surface area contributed by atoms with Gasteiger partial charge in [-0.1, -0.05) is 0 Å². The van der Waals surface area contributed by atoms with Gasteiger partial charge in [0.2, 0.25) is 5.91 Å². The van der Waals surface area contributed by atoms with Crippen LogP contribution in [0.4, 0.5) is 5.69 Å². The number of hydrogen-bond acceptors (Lipinski definition) is 7. The van der Waals surface area contributed by atoms with E-state index in [1.165, 1.54) is 27.4 Å². The molecule has 1 fully saturated rings. The highest BCUT2D eigenvalue weighted by Crippen LogP contribution is 2.30. The van der Waals surface area contributed by atoms with Crippen molar-refractivity contribution in [3.05, 3.63) is 42.4 Å². The highest BCUT2D eigenvalue weighted by atomic mass is 16.5. The second-order valence-electron chi connectivity index (χ2n) is 6.89. The predicted octanol–water partition coefficient (Wildman–Crippen LogP) is 2.22. The molecule has 3 rings (SSSR count). The maximum Gasteiger partial charge on any atom is 0.312 e. The van der Waals surface area contributed by atoms with Crippen molar-refractivity contribution in [1.82, 2.24) is 4.90 Å². The van der Waals surface area contributed by atoms with Gasteiger partial charge in [0.1, 0.15) is 5.76 Å². The fourth-order valence-corrected chi connectivity index (χ4v) is 3.16. The number of methoxy groups -OCH3 is 2. The zero-order valence-electron chi connectivity index (χ0n) is 17.0. The van der Waals surface area contributed by atoms with E-state index in [2.05, 4.69) is 5.32 Å². The molecule has 2 amide bonds. The van der Waals surface area contributed by atoms with Gasteiger partial charge >= 0.3 is 5.97 Å². The highest BCUT2D eigenvalue weighted by molar-refractivity contribution is 5.96. The molecule has 1 N–H and O–H groups in total. The first-order valence-corrected chi connectivity index (χ1v) is 9.44. The Kier molecular flexibility index (Phi) is 6.61. The maximum atomic E-state index is 12.4. The molecule has 30 heavy (non-hydrogen) atoms. The second-order valence-corrected chi connectivity index (χ2v) is 6.89. The molecule has 0 spiro atoms. The van der Waals surface area contributed by atoms with Crippen LogP contribution in [0.2, 0.25) is 0 Å². The van der Waals surface area contributed by atoms with Crippen LogP contribution >= 0.6 is 0 Å². The molecule has 2 heterocycles. The van der Waals surface area contributed by atoms with Gasteiger partial charge in [0.25, 0.3) is 5.91 Å². The van der Waals surface area contributed by atoms with Crippen LogP contribution in [-0.2, 0) is 25.7 Å². The number of esters is 1. The van der Waals surface area contributed by atoms with Crippen molar-refractivity contribution in [1.29, 1.82) is 0 Å². The molecule has 1 aliphatic rings. The molecule has 0 radical (unpaired) electrons. The molecular weight excluding hydrogens is 392 g/mol. The van der Waals surface area contributed by atoms with Crippen LogP contribution in [0.25, 0.3) is 0 Å². The number of nitrogens with zero attached hydrogens (tertiary/aromatic N) is 1. The molecule has 2 aromatic rings. The summed E-state index contributed by atoms with van der Waals surface area (Å²) in [7, 11) is 3.01. The number of likely N-dealkylation sites (tertiary alicyclic amines) is 1. The summed E-state index contributed by atoms with van der Waals surface area (Å²) in [5, 5.41) is 2.67. The van der Waals surface area contributed by atoms with E-state index in [4.69, 9.17) is 18.6 Å². The Balaban J connectivity index is 1.53. The highest BCUT2D eigenvalue weighted by Gasteiger charge is 2.36. The standard InChI is InChI=1S/C21H24N2O7/c1-13(20(25)22-15-6-7-17(27-2)18(10-15)28-3)30-21(26)14-9-19(24)23(11-14)12-16-5-4-8-29-16/h4-8,10,13-14H,9,11-12H2,1-3H3,(H,22,25)/t13-,14+/m1/s1. The van der Waals surface area contributed by atoms with Crippen LogP contribution in [0.15, 0.2) is 41.0 Å². The summed E-state index contributed by atoms with van der Waals surface area (Å²) in [6, 6.07) is 8.41. The fraction of sp³-hybridized carbons (Fsp3) is 0.381. The van der Waals surface area contributed by atoms with Crippen LogP contribution in [-0.4, -0.2) is 49.6 Å². The molecule has 160 valence electrons. The molecule has 1 aliphatic heterocycles. The van der Waals surface area contributed by atoms with E-state index in [9.17, 15) is 14.4 Å². The minimum absolute atomic E-state index is 0.0452. The SMILES string of the molecule is COc1ccc(NC(=O)[C@@H](C)OC(=O)[C@H]2CC(=O)N(Cc3ccco3)C2)cc1OC. The number of ether oxygens (including phenoxy) is 3. The summed E-state index contributed by atoms with van der Waals surface area (Å²) >= 11 is 0. The van der Waals surface area contributed by atoms with Crippen molar-refractivity contribution in [3.63, 3.8) is 0 Å². The third kappa shape index (κ3) is 4.91. The number of furan rings is 1. The fourth-order valence-electron chi connectivity index (χ4n) is 3.16. The van der Waals surface area contributed by atoms with Crippen LogP contribution in [0.3, 0.4) is 0 Å². The van der Waals surface area contributed by atoms with Gasteiger partial charge in [-0.3, -0.25) is 14.4 Å². The van der Waals surface area contributed by atoms with Crippen LogP contribution < -0.4 is 14.8 Å². The number of carbonyl (C=O) groups excluding carboxylic acids is 3. The number of rotatable bonds is 8. The van der Waals surface area contributed by atoms with Crippen LogP contribution in [0.1, 0.15) is 19.1 Å². The number of benzene rings is 1. The van der Waals surface area contributed by atoms with E-state index in [0.29, 0.717) is 29.5 Å². The van der Waals surface area contributed by atoms with Crippen molar-refractivity contribution in [3.8, 4) is 11.5 Å². The quantitative estimate of drug-likeness (QED) is 0.658. The van der Waals surface area contributed by atoms with Gasteiger partial charge in [-0.05, 0) is 31.2 Å². The van der Waals surface area contributed by atoms with E-state index in [-0.39, 0.29) is 18.9 Å². The lowest BCUT2D eigenvalue weighted by atomic mass is 10.1. The van der Waals surface area contributed by atoms with Crippen LogP contribution in [0, 0.1) is 5.92 Å². The lowest BCUT2D eigenvalue weighted by Crippen LogP contribution is -2.33. The van der Waals surface area contributed by atoms with Gasteiger partial charge < -0.3 is 28.8 Å².